The molecule has 3 aromatic carbocycles. The number of fused-ring (bicyclic) bond motifs is 1. The van der Waals surface area contributed by atoms with Crippen molar-refractivity contribution in [3.63, 3.8) is 0 Å². The largest absolute Gasteiger partial charge is 0.497 e. The lowest BCUT2D eigenvalue weighted by Crippen LogP contribution is -2.19. The van der Waals surface area contributed by atoms with Crippen LogP contribution in [-0.4, -0.2) is 28.4 Å². The summed E-state index contributed by atoms with van der Waals surface area (Å²) < 4.78 is 6.64. The number of carbonyl (C=O) groups excluding carboxylic acids is 2. The van der Waals surface area contributed by atoms with Gasteiger partial charge in [0.05, 0.1) is 23.7 Å². The maximum Gasteiger partial charge on any atom is 0.265 e. The fourth-order valence-electron chi connectivity index (χ4n) is 3.23. The van der Waals surface area contributed by atoms with E-state index in [4.69, 9.17) is 4.74 Å². The average molecular weight is 413 g/mol. The van der Waals surface area contributed by atoms with Crippen LogP contribution in [-0.2, 0) is 0 Å². The zero-order valence-electron chi connectivity index (χ0n) is 17.0. The summed E-state index contributed by atoms with van der Waals surface area (Å²) in [6.07, 6.45) is 1.43. The first-order valence-electron chi connectivity index (χ1n) is 9.54. The number of ketones is 1. The fraction of sp³-hybridized carbons (Fsp3) is 0.0833. The zero-order chi connectivity index (χ0) is 22.0. The van der Waals surface area contributed by atoms with E-state index in [1.54, 1.807) is 73.8 Å². The summed E-state index contributed by atoms with van der Waals surface area (Å²) in [6, 6.07) is 18.5. The van der Waals surface area contributed by atoms with E-state index in [0.717, 1.165) is 0 Å². The predicted octanol–water partition coefficient (Wildman–Crippen LogP) is 3.85. The van der Waals surface area contributed by atoms with Crippen LogP contribution in [0.25, 0.3) is 16.6 Å². The van der Waals surface area contributed by atoms with E-state index < -0.39 is 0 Å². The minimum atomic E-state index is -0.360. The van der Waals surface area contributed by atoms with Crippen molar-refractivity contribution in [2.45, 2.75) is 6.92 Å². The molecule has 4 rings (SSSR count). The Kier molecular flexibility index (Phi) is 5.32. The van der Waals surface area contributed by atoms with E-state index in [1.807, 2.05) is 0 Å². The SMILES string of the molecule is COc1cccc(-n2cnc3cc(C(=O)Nc4cccc(C(C)=O)c4)ccc3c2=O)c1. The van der Waals surface area contributed by atoms with E-state index >= 15 is 0 Å². The van der Waals surface area contributed by atoms with Crippen molar-refractivity contribution >= 4 is 28.3 Å². The van der Waals surface area contributed by atoms with Gasteiger partial charge < -0.3 is 10.1 Å². The Morgan fingerprint density at radius 1 is 0.968 bits per heavy atom. The Labute approximate surface area is 177 Å². The first kappa shape index (κ1) is 20.0. The minimum absolute atomic E-state index is 0.0849. The summed E-state index contributed by atoms with van der Waals surface area (Å²) in [6.45, 7) is 1.47. The number of carbonyl (C=O) groups is 2. The van der Waals surface area contributed by atoms with E-state index in [-0.39, 0.29) is 17.2 Å². The lowest BCUT2D eigenvalue weighted by Gasteiger charge is -2.10. The maximum atomic E-state index is 13.0. The Morgan fingerprint density at radius 3 is 2.55 bits per heavy atom. The number of nitrogens with one attached hydrogen (secondary N) is 1. The minimum Gasteiger partial charge on any atom is -0.497 e. The number of hydrogen-bond acceptors (Lipinski definition) is 5. The fourth-order valence-corrected chi connectivity index (χ4v) is 3.23. The number of aromatic nitrogens is 2. The number of amides is 1. The third-order valence-corrected chi connectivity index (χ3v) is 4.88. The molecule has 7 heteroatoms. The number of ether oxygens (including phenoxy) is 1. The van der Waals surface area contributed by atoms with Gasteiger partial charge in [-0.05, 0) is 49.4 Å². The van der Waals surface area contributed by atoms with Gasteiger partial charge in [0.25, 0.3) is 11.5 Å². The van der Waals surface area contributed by atoms with Crippen LogP contribution in [0, 0.1) is 0 Å². The number of benzene rings is 3. The third kappa shape index (κ3) is 4.06. The van der Waals surface area contributed by atoms with Crippen LogP contribution in [0.5, 0.6) is 5.75 Å². The zero-order valence-corrected chi connectivity index (χ0v) is 17.0. The number of methoxy groups -OCH3 is 1. The predicted molar refractivity (Wildman–Crippen MR) is 118 cm³/mol. The summed E-state index contributed by atoms with van der Waals surface area (Å²) in [4.78, 5) is 41.5. The van der Waals surface area contributed by atoms with Gasteiger partial charge in [0.1, 0.15) is 12.1 Å². The second-order valence-electron chi connectivity index (χ2n) is 6.94. The smallest absolute Gasteiger partial charge is 0.265 e. The maximum absolute atomic E-state index is 13.0. The highest BCUT2D eigenvalue weighted by Crippen LogP contribution is 2.18. The van der Waals surface area contributed by atoms with E-state index in [1.165, 1.54) is 17.8 Å². The number of Topliss-reactive ketones (excluding diaryl/α,β-unsaturated/α-hetero) is 1. The van der Waals surface area contributed by atoms with Crippen LogP contribution in [0.1, 0.15) is 27.6 Å². The Hall–Kier alpha value is -4.26. The van der Waals surface area contributed by atoms with Crippen molar-refractivity contribution in [2.24, 2.45) is 0 Å². The van der Waals surface area contributed by atoms with Gasteiger partial charge in [-0.2, -0.15) is 0 Å². The van der Waals surface area contributed by atoms with Crippen molar-refractivity contribution in [1.29, 1.82) is 0 Å². The molecule has 1 aromatic heterocycles. The van der Waals surface area contributed by atoms with Crippen LogP contribution >= 0.6 is 0 Å². The second kappa shape index (κ2) is 8.23. The van der Waals surface area contributed by atoms with Crippen LogP contribution in [0.3, 0.4) is 0 Å². The highest BCUT2D eigenvalue weighted by Gasteiger charge is 2.12. The number of rotatable bonds is 5. The topological polar surface area (TPSA) is 90.3 Å². The molecule has 0 saturated carbocycles. The van der Waals surface area contributed by atoms with Crippen molar-refractivity contribution in [1.82, 2.24) is 9.55 Å². The van der Waals surface area contributed by atoms with Gasteiger partial charge in [-0.15, -0.1) is 0 Å². The van der Waals surface area contributed by atoms with Gasteiger partial charge in [-0.25, -0.2) is 4.98 Å². The quantitative estimate of drug-likeness (QED) is 0.502. The molecule has 1 N–H and O–H groups in total. The van der Waals surface area contributed by atoms with E-state index in [9.17, 15) is 14.4 Å². The van der Waals surface area contributed by atoms with Gasteiger partial charge in [0, 0.05) is 22.9 Å². The molecule has 7 nitrogen and oxygen atoms in total. The third-order valence-electron chi connectivity index (χ3n) is 4.88. The monoisotopic (exact) mass is 413 g/mol. The standard InChI is InChI=1S/C24H19N3O4/c1-15(28)16-5-3-6-18(11-16)26-23(29)17-9-10-21-22(12-17)25-14-27(24(21)30)19-7-4-8-20(13-19)31-2/h3-14H,1-2H3,(H,26,29). The molecule has 1 amide bonds. The Balaban J connectivity index is 1.65. The lowest BCUT2D eigenvalue weighted by molar-refractivity contribution is 0.101. The van der Waals surface area contributed by atoms with Crippen molar-refractivity contribution in [3.8, 4) is 11.4 Å². The second-order valence-corrected chi connectivity index (χ2v) is 6.94. The van der Waals surface area contributed by atoms with Gasteiger partial charge in [-0.3, -0.25) is 19.0 Å². The molecule has 4 aromatic rings. The molecule has 0 fully saturated rings. The molecular formula is C24H19N3O4. The number of nitrogens with zero attached hydrogens (tertiary/aromatic N) is 2. The lowest BCUT2D eigenvalue weighted by atomic mass is 10.1. The van der Waals surface area contributed by atoms with Crippen molar-refractivity contribution in [2.75, 3.05) is 12.4 Å². The molecule has 0 radical (unpaired) electrons. The first-order chi connectivity index (χ1) is 15.0. The van der Waals surface area contributed by atoms with Crippen LogP contribution < -0.4 is 15.6 Å². The van der Waals surface area contributed by atoms with E-state index in [2.05, 4.69) is 10.3 Å². The molecule has 0 aliphatic carbocycles. The molecule has 154 valence electrons. The first-order valence-corrected chi connectivity index (χ1v) is 9.54. The summed E-state index contributed by atoms with van der Waals surface area (Å²) in [5, 5.41) is 3.16. The van der Waals surface area contributed by atoms with Crippen LogP contribution in [0.15, 0.2) is 77.9 Å². The molecule has 0 aliphatic rings. The Morgan fingerprint density at radius 2 is 1.77 bits per heavy atom. The normalized spacial score (nSPS) is 10.6. The molecular weight excluding hydrogens is 394 g/mol. The summed E-state index contributed by atoms with van der Waals surface area (Å²) >= 11 is 0. The van der Waals surface area contributed by atoms with Crippen LogP contribution in [0.2, 0.25) is 0 Å². The molecule has 0 bridgehead atoms. The highest BCUT2D eigenvalue weighted by molar-refractivity contribution is 6.06. The van der Waals surface area contributed by atoms with Gasteiger partial charge in [-0.1, -0.05) is 18.2 Å². The van der Waals surface area contributed by atoms with Gasteiger partial charge in [0.2, 0.25) is 0 Å². The van der Waals surface area contributed by atoms with Crippen LogP contribution in [0.4, 0.5) is 5.69 Å². The molecule has 1 heterocycles. The number of anilines is 1. The van der Waals surface area contributed by atoms with Crippen molar-refractivity contribution in [3.05, 3.63) is 94.5 Å². The molecule has 0 spiro atoms. The number of hydrogen-bond donors (Lipinski definition) is 1. The van der Waals surface area contributed by atoms with Gasteiger partial charge in [0.15, 0.2) is 5.78 Å². The van der Waals surface area contributed by atoms with Gasteiger partial charge >= 0.3 is 0 Å². The summed E-state index contributed by atoms with van der Waals surface area (Å²) in [5.74, 6) is 0.185. The molecule has 0 saturated heterocycles. The highest BCUT2D eigenvalue weighted by atomic mass is 16.5. The molecule has 0 aliphatic heterocycles. The van der Waals surface area contributed by atoms with Crippen molar-refractivity contribution < 1.29 is 14.3 Å². The summed E-state index contributed by atoms with van der Waals surface area (Å²) in [7, 11) is 1.56. The molecule has 31 heavy (non-hydrogen) atoms. The van der Waals surface area contributed by atoms with E-state index in [0.29, 0.717) is 39.2 Å². The molecule has 0 atom stereocenters. The average Bonchev–Trinajstić information content (AvgIpc) is 2.79. The summed E-state index contributed by atoms with van der Waals surface area (Å²) in [5.41, 5.74) is 2.17. The Bertz CT molecular complexity index is 1370. The molecule has 0 unspecified atom stereocenters.